The van der Waals surface area contributed by atoms with E-state index >= 15 is 0 Å². The summed E-state index contributed by atoms with van der Waals surface area (Å²) in [5.41, 5.74) is 8.21. The summed E-state index contributed by atoms with van der Waals surface area (Å²) >= 11 is 0. The Hall–Kier alpha value is -0.370. The van der Waals surface area contributed by atoms with Crippen LogP contribution in [0.4, 0.5) is 0 Å². The summed E-state index contributed by atoms with van der Waals surface area (Å²) in [5, 5.41) is 0. The molecule has 0 aromatic carbocycles. The van der Waals surface area contributed by atoms with Crippen molar-refractivity contribution in [3.63, 3.8) is 0 Å². The van der Waals surface area contributed by atoms with E-state index in [9.17, 15) is 0 Å². The Kier molecular flexibility index (Phi) is 6.71. The molecule has 2 N–H and O–H groups in total. The van der Waals surface area contributed by atoms with Crippen molar-refractivity contribution < 1.29 is 0 Å². The van der Waals surface area contributed by atoms with Gasteiger partial charge in [-0.2, -0.15) is 0 Å². The van der Waals surface area contributed by atoms with Gasteiger partial charge >= 0.3 is 0 Å². The molecule has 0 spiro atoms. The molecular weight excluding hydrogens is 244 g/mol. The molecule has 0 bridgehead atoms. The van der Waals surface area contributed by atoms with Crippen molar-refractivity contribution in [2.24, 2.45) is 33.9 Å². The molecule has 0 fully saturated rings. The molecule has 3 unspecified atom stereocenters. The lowest BCUT2D eigenvalue weighted by molar-refractivity contribution is 0.249. The van der Waals surface area contributed by atoms with Crippen molar-refractivity contribution in [1.82, 2.24) is 0 Å². The topological polar surface area (TPSA) is 38.4 Å². The fourth-order valence-electron chi connectivity index (χ4n) is 3.92. The summed E-state index contributed by atoms with van der Waals surface area (Å²) in [7, 11) is 0. The van der Waals surface area contributed by atoms with Gasteiger partial charge in [-0.05, 0) is 37.0 Å². The summed E-state index contributed by atoms with van der Waals surface area (Å²) < 4.78 is 0. The zero-order chi connectivity index (χ0) is 15.3. The predicted octanol–water partition coefficient (Wildman–Crippen LogP) is 4.67. The van der Waals surface area contributed by atoms with Crippen LogP contribution in [0.5, 0.6) is 0 Å². The summed E-state index contributed by atoms with van der Waals surface area (Å²) in [5.74, 6) is 1.86. The maximum atomic E-state index is 6.61. The molecule has 0 saturated carbocycles. The summed E-state index contributed by atoms with van der Waals surface area (Å²) in [6.07, 6.45) is 6.26. The number of rotatable bonds is 6. The second-order valence-corrected chi connectivity index (χ2v) is 7.79. The molecule has 0 aromatic heterocycles. The molecule has 20 heavy (non-hydrogen) atoms. The fourth-order valence-corrected chi connectivity index (χ4v) is 3.92. The third kappa shape index (κ3) is 4.58. The van der Waals surface area contributed by atoms with Crippen LogP contribution >= 0.6 is 0 Å². The normalized spacial score (nSPS) is 25.7. The van der Waals surface area contributed by atoms with Gasteiger partial charge < -0.3 is 5.73 Å². The van der Waals surface area contributed by atoms with Crippen LogP contribution in [0.25, 0.3) is 0 Å². The Morgan fingerprint density at radius 2 is 1.75 bits per heavy atom. The molecule has 0 aromatic rings. The van der Waals surface area contributed by atoms with E-state index in [0.717, 1.165) is 6.54 Å². The fraction of sp³-hybridized carbons (Fsp3) is 0.944. The highest BCUT2D eigenvalue weighted by atomic mass is 14.8. The van der Waals surface area contributed by atoms with Crippen LogP contribution in [0, 0.1) is 23.2 Å². The second-order valence-electron chi connectivity index (χ2n) is 7.79. The van der Waals surface area contributed by atoms with Crippen molar-refractivity contribution in [3.8, 4) is 0 Å². The SMILES string of the molecule is CCCC(CCC)C(N)C1CN=C(C(C)(C)C)C(C)C1. The monoisotopic (exact) mass is 280 g/mol. The first-order chi connectivity index (χ1) is 9.31. The first-order valence-corrected chi connectivity index (χ1v) is 8.61. The highest BCUT2D eigenvalue weighted by Gasteiger charge is 2.34. The van der Waals surface area contributed by atoms with Gasteiger partial charge in [-0.15, -0.1) is 0 Å². The van der Waals surface area contributed by atoms with Crippen molar-refractivity contribution in [3.05, 3.63) is 0 Å². The molecule has 0 radical (unpaired) electrons. The zero-order valence-electron chi connectivity index (χ0n) is 14.6. The average molecular weight is 281 g/mol. The molecule has 1 aliphatic rings. The van der Waals surface area contributed by atoms with Gasteiger partial charge in [-0.1, -0.05) is 54.4 Å². The molecule has 1 heterocycles. The Morgan fingerprint density at radius 3 is 2.15 bits per heavy atom. The Balaban J connectivity index is 2.72. The number of nitrogens with zero attached hydrogens (tertiary/aromatic N) is 1. The van der Waals surface area contributed by atoms with E-state index in [1.807, 2.05) is 0 Å². The second kappa shape index (κ2) is 7.59. The lowest BCUT2D eigenvalue weighted by Gasteiger charge is -2.38. The molecule has 2 nitrogen and oxygen atoms in total. The Bertz CT molecular complexity index is 308. The number of nitrogens with two attached hydrogens (primary N) is 1. The van der Waals surface area contributed by atoms with E-state index in [2.05, 4.69) is 41.5 Å². The molecule has 118 valence electrons. The van der Waals surface area contributed by atoms with Gasteiger partial charge in [0.2, 0.25) is 0 Å². The molecule has 0 amide bonds. The van der Waals surface area contributed by atoms with Gasteiger partial charge in [0.05, 0.1) is 0 Å². The van der Waals surface area contributed by atoms with Crippen LogP contribution in [-0.4, -0.2) is 18.3 Å². The molecule has 2 heteroatoms. The zero-order valence-corrected chi connectivity index (χ0v) is 14.6. The smallest absolute Gasteiger partial charge is 0.0432 e. The van der Waals surface area contributed by atoms with E-state index in [1.165, 1.54) is 37.8 Å². The first kappa shape index (κ1) is 17.7. The van der Waals surface area contributed by atoms with Crippen molar-refractivity contribution in [2.75, 3.05) is 6.54 Å². The predicted molar refractivity (Wildman–Crippen MR) is 90.3 cm³/mol. The van der Waals surface area contributed by atoms with E-state index in [4.69, 9.17) is 10.7 Å². The van der Waals surface area contributed by atoms with Gasteiger partial charge in [-0.25, -0.2) is 0 Å². The Morgan fingerprint density at radius 1 is 1.20 bits per heavy atom. The van der Waals surface area contributed by atoms with Crippen molar-refractivity contribution in [1.29, 1.82) is 0 Å². The quantitative estimate of drug-likeness (QED) is 0.754. The van der Waals surface area contributed by atoms with Gasteiger partial charge in [0, 0.05) is 23.7 Å². The van der Waals surface area contributed by atoms with E-state index < -0.39 is 0 Å². The van der Waals surface area contributed by atoms with E-state index in [-0.39, 0.29) is 5.41 Å². The highest BCUT2D eigenvalue weighted by Crippen LogP contribution is 2.33. The van der Waals surface area contributed by atoms with Crippen LogP contribution < -0.4 is 5.73 Å². The maximum Gasteiger partial charge on any atom is 0.0432 e. The minimum absolute atomic E-state index is 0.209. The van der Waals surface area contributed by atoms with Crippen LogP contribution in [0.2, 0.25) is 0 Å². The molecule has 3 atom stereocenters. The van der Waals surface area contributed by atoms with Crippen LogP contribution in [0.3, 0.4) is 0 Å². The summed E-state index contributed by atoms with van der Waals surface area (Å²) in [6.45, 7) is 14.7. The van der Waals surface area contributed by atoms with Crippen LogP contribution in [0.1, 0.15) is 73.6 Å². The third-order valence-corrected chi connectivity index (χ3v) is 4.80. The van der Waals surface area contributed by atoms with Gasteiger partial charge in [0.15, 0.2) is 0 Å². The van der Waals surface area contributed by atoms with Crippen LogP contribution in [0.15, 0.2) is 4.99 Å². The van der Waals surface area contributed by atoms with Gasteiger partial charge in [-0.3, -0.25) is 4.99 Å². The number of hydrogen-bond donors (Lipinski definition) is 1. The molecular formula is C18H36N2. The average Bonchev–Trinajstić information content (AvgIpc) is 2.36. The highest BCUT2D eigenvalue weighted by molar-refractivity contribution is 5.91. The van der Waals surface area contributed by atoms with E-state index in [1.54, 1.807) is 0 Å². The summed E-state index contributed by atoms with van der Waals surface area (Å²) in [4.78, 5) is 4.92. The minimum atomic E-state index is 0.209. The molecule has 0 saturated heterocycles. The minimum Gasteiger partial charge on any atom is -0.327 e. The number of hydrogen-bond acceptors (Lipinski definition) is 2. The van der Waals surface area contributed by atoms with Crippen molar-refractivity contribution in [2.45, 2.75) is 79.7 Å². The summed E-state index contributed by atoms with van der Waals surface area (Å²) in [6, 6.07) is 0.336. The Labute approximate surface area is 126 Å². The molecule has 1 rings (SSSR count). The largest absolute Gasteiger partial charge is 0.327 e. The third-order valence-electron chi connectivity index (χ3n) is 4.80. The van der Waals surface area contributed by atoms with Crippen molar-refractivity contribution >= 4 is 5.71 Å². The van der Waals surface area contributed by atoms with E-state index in [0.29, 0.717) is 23.8 Å². The first-order valence-electron chi connectivity index (χ1n) is 8.61. The molecule has 0 aliphatic carbocycles. The van der Waals surface area contributed by atoms with Crippen LogP contribution in [-0.2, 0) is 0 Å². The lowest BCUT2D eigenvalue weighted by Crippen LogP contribution is -2.44. The lowest BCUT2D eigenvalue weighted by atomic mass is 9.73. The maximum absolute atomic E-state index is 6.61. The van der Waals surface area contributed by atoms with Gasteiger partial charge in [0.1, 0.15) is 0 Å². The number of aliphatic imine (C=N–C) groups is 1. The van der Waals surface area contributed by atoms with Gasteiger partial charge in [0.25, 0.3) is 0 Å². The molecule has 1 aliphatic heterocycles. The standard InChI is InChI=1S/C18H36N2/c1-7-9-14(10-8-2)16(19)15-11-13(3)17(20-12-15)18(4,5)6/h13-16H,7-12,19H2,1-6H3.